The number of allylic oxidation sites excluding steroid dienone is 2. The van der Waals surface area contributed by atoms with Gasteiger partial charge in [-0.3, -0.25) is 0 Å². The summed E-state index contributed by atoms with van der Waals surface area (Å²) < 4.78 is 0. The Balaban J connectivity index is 3.43. The molecule has 0 aromatic carbocycles. The van der Waals surface area contributed by atoms with Crippen LogP contribution in [0.5, 0.6) is 0 Å². The van der Waals surface area contributed by atoms with Gasteiger partial charge in [-0.05, 0) is 45.6 Å². The molecule has 0 fully saturated rings. The third-order valence-corrected chi connectivity index (χ3v) is 3.86. The van der Waals surface area contributed by atoms with Gasteiger partial charge in [0.1, 0.15) is 0 Å². The van der Waals surface area contributed by atoms with Crippen molar-refractivity contribution < 1.29 is 0 Å². The van der Waals surface area contributed by atoms with Gasteiger partial charge in [0.05, 0.1) is 0 Å². The minimum Gasteiger partial charge on any atom is -0.307 e. The summed E-state index contributed by atoms with van der Waals surface area (Å²) in [5.74, 6) is 0. The van der Waals surface area contributed by atoms with E-state index in [2.05, 4.69) is 38.7 Å². The average Bonchev–Trinajstić information content (AvgIpc) is 2.10. The van der Waals surface area contributed by atoms with Crippen LogP contribution < -0.4 is 0 Å². The molecule has 0 aliphatic rings. The van der Waals surface area contributed by atoms with E-state index < -0.39 is 0 Å². The Morgan fingerprint density at radius 1 is 1.31 bits per heavy atom. The molecule has 1 nitrogen and oxygen atoms in total. The monoisotopic (exact) mass is 199 g/mol. The van der Waals surface area contributed by atoms with Gasteiger partial charge in [0, 0.05) is 9.52 Å². The van der Waals surface area contributed by atoms with Gasteiger partial charge in [-0.15, -0.1) is 0 Å². The Bertz CT molecular complexity index is 139. The van der Waals surface area contributed by atoms with Crippen molar-refractivity contribution in [2.75, 3.05) is 19.3 Å². The van der Waals surface area contributed by atoms with E-state index in [-0.39, 0.29) is 9.52 Å². The molecular weight excluding hydrogens is 174 g/mol. The van der Waals surface area contributed by atoms with Gasteiger partial charge in [-0.1, -0.05) is 25.5 Å². The topological polar surface area (TPSA) is 3.24 Å². The molecule has 0 aliphatic carbocycles. The van der Waals surface area contributed by atoms with Crippen LogP contribution in [-0.4, -0.2) is 33.7 Å². The summed E-state index contributed by atoms with van der Waals surface area (Å²) in [5, 5.41) is 0. The zero-order valence-corrected chi connectivity index (χ0v) is 11.2. The van der Waals surface area contributed by atoms with Crippen LogP contribution in [0.3, 0.4) is 0 Å². The SMILES string of the molecule is CCCN(CC)C[SiH2]CC=C(C)C. The third-order valence-electron chi connectivity index (χ3n) is 2.22. The molecule has 0 atom stereocenters. The van der Waals surface area contributed by atoms with Crippen LogP contribution in [0.1, 0.15) is 34.1 Å². The van der Waals surface area contributed by atoms with Crippen molar-refractivity contribution in [3.63, 3.8) is 0 Å². The molecule has 0 aromatic rings. The lowest BCUT2D eigenvalue weighted by atomic mass is 10.3. The maximum Gasteiger partial charge on any atom is 0.0407 e. The Labute approximate surface area is 86.0 Å². The number of hydrogen-bond acceptors (Lipinski definition) is 1. The van der Waals surface area contributed by atoms with Crippen LogP contribution in [0.4, 0.5) is 0 Å². The smallest absolute Gasteiger partial charge is 0.0407 e. The molecule has 0 unspecified atom stereocenters. The zero-order chi connectivity index (χ0) is 10.1. The van der Waals surface area contributed by atoms with Crippen LogP contribution >= 0.6 is 0 Å². The molecule has 0 N–H and O–H groups in total. The van der Waals surface area contributed by atoms with Crippen LogP contribution in [0.25, 0.3) is 0 Å². The summed E-state index contributed by atoms with van der Waals surface area (Å²) in [6, 6.07) is 1.38. The fourth-order valence-corrected chi connectivity index (χ4v) is 3.40. The first kappa shape index (κ1) is 12.9. The summed E-state index contributed by atoms with van der Waals surface area (Å²) in [4.78, 5) is 2.59. The Hall–Kier alpha value is -0.0831. The van der Waals surface area contributed by atoms with Gasteiger partial charge in [-0.2, -0.15) is 0 Å². The second-order valence-corrected chi connectivity index (χ2v) is 5.59. The highest BCUT2D eigenvalue weighted by Gasteiger charge is 1.98. The molecule has 0 rings (SSSR count). The second kappa shape index (κ2) is 8.51. The van der Waals surface area contributed by atoms with Crippen molar-refractivity contribution in [2.45, 2.75) is 40.2 Å². The molecule has 0 radical (unpaired) electrons. The molecule has 0 heterocycles. The maximum absolute atomic E-state index is 2.59. The van der Waals surface area contributed by atoms with E-state index in [9.17, 15) is 0 Å². The quantitative estimate of drug-likeness (QED) is 0.345. The van der Waals surface area contributed by atoms with Crippen molar-refractivity contribution in [1.82, 2.24) is 4.90 Å². The predicted molar refractivity (Wildman–Crippen MR) is 65.2 cm³/mol. The van der Waals surface area contributed by atoms with Gasteiger partial charge in [-0.25, -0.2) is 0 Å². The molecule has 0 aromatic heterocycles. The van der Waals surface area contributed by atoms with E-state index in [1.54, 1.807) is 0 Å². The Morgan fingerprint density at radius 2 is 2.00 bits per heavy atom. The number of rotatable bonds is 7. The minimum absolute atomic E-state index is 0.139. The van der Waals surface area contributed by atoms with E-state index >= 15 is 0 Å². The standard InChI is InChI=1S/C11H25NSi/c1-5-8-12(6-2)10-13-9-7-11(3)4/h7H,5-6,8-10,13H2,1-4H3. The molecular formula is C11H25NSi. The largest absolute Gasteiger partial charge is 0.307 e. The van der Waals surface area contributed by atoms with Gasteiger partial charge in [0.25, 0.3) is 0 Å². The lowest BCUT2D eigenvalue weighted by molar-refractivity contribution is 0.334. The van der Waals surface area contributed by atoms with Gasteiger partial charge in [0.15, 0.2) is 0 Å². The Kier molecular flexibility index (Phi) is 8.46. The Morgan fingerprint density at radius 3 is 2.46 bits per heavy atom. The van der Waals surface area contributed by atoms with Crippen molar-refractivity contribution in [2.24, 2.45) is 0 Å². The summed E-state index contributed by atoms with van der Waals surface area (Å²) in [7, 11) is 0.139. The fourth-order valence-electron chi connectivity index (χ4n) is 1.45. The van der Waals surface area contributed by atoms with Gasteiger partial charge in [0.2, 0.25) is 0 Å². The molecule has 0 amide bonds. The van der Waals surface area contributed by atoms with E-state index in [0.29, 0.717) is 0 Å². The molecule has 0 saturated heterocycles. The summed E-state index contributed by atoms with van der Waals surface area (Å²) >= 11 is 0. The molecule has 0 bridgehead atoms. The first-order chi connectivity index (χ1) is 6.20. The predicted octanol–water partition coefficient (Wildman–Crippen LogP) is 2.23. The maximum atomic E-state index is 2.59. The second-order valence-electron chi connectivity index (χ2n) is 3.86. The molecule has 2 heteroatoms. The normalized spacial score (nSPS) is 11.5. The van der Waals surface area contributed by atoms with Crippen LogP contribution in [0, 0.1) is 0 Å². The first-order valence-electron chi connectivity index (χ1n) is 5.56. The highest BCUT2D eigenvalue weighted by atomic mass is 28.2. The molecule has 0 aliphatic heterocycles. The summed E-state index contributed by atoms with van der Waals surface area (Å²) in [5.41, 5.74) is 1.48. The molecule has 13 heavy (non-hydrogen) atoms. The van der Waals surface area contributed by atoms with Crippen molar-refractivity contribution in [1.29, 1.82) is 0 Å². The van der Waals surface area contributed by atoms with Crippen molar-refractivity contribution >= 4 is 9.52 Å². The third kappa shape index (κ3) is 8.25. The van der Waals surface area contributed by atoms with E-state index in [1.165, 1.54) is 37.3 Å². The van der Waals surface area contributed by atoms with Crippen LogP contribution in [-0.2, 0) is 0 Å². The molecule has 78 valence electrons. The highest BCUT2D eigenvalue weighted by molar-refractivity contribution is 6.36. The van der Waals surface area contributed by atoms with Crippen LogP contribution in [0.15, 0.2) is 11.6 Å². The average molecular weight is 199 g/mol. The van der Waals surface area contributed by atoms with Gasteiger partial charge >= 0.3 is 0 Å². The van der Waals surface area contributed by atoms with Gasteiger partial charge < -0.3 is 4.90 Å². The van der Waals surface area contributed by atoms with Crippen LogP contribution in [0.2, 0.25) is 6.04 Å². The minimum atomic E-state index is 0.139. The summed E-state index contributed by atoms with van der Waals surface area (Å²) in [6.45, 7) is 11.4. The molecule has 0 saturated carbocycles. The lowest BCUT2D eigenvalue weighted by Gasteiger charge is -2.18. The van der Waals surface area contributed by atoms with E-state index in [4.69, 9.17) is 0 Å². The molecule has 0 spiro atoms. The summed E-state index contributed by atoms with van der Waals surface area (Å²) in [6.07, 6.45) is 5.09. The number of hydrogen-bond donors (Lipinski definition) is 0. The first-order valence-corrected chi connectivity index (χ1v) is 7.56. The fraction of sp³-hybridized carbons (Fsp3) is 0.818. The highest BCUT2D eigenvalue weighted by Crippen LogP contribution is 1.95. The number of nitrogens with zero attached hydrogens (tertiary/aromatic N) is 1. The van der Waals surface area contributed by atoms with E-state index in [1.807, 2.05) is 0 Å². The van der Waals surface area contributed by atoms with Crippen molar-refractivity contribution in [3.8, 4) is 0 Å². The van der Waals surface area contributed by atoms with Crippen molar-refractivity contribution in [3.05, 3.63) is 11.6 Å². The zero-order valence-electron chi connectivity index (χ0n) is 9.77. The lowest BCUT2D eigenvalue weighted by Crippen LogP contribution is -2.28. The van der Waals surface area contributed by atoms with E-state index in [0.717, 1.165) is 0 Å².